The van der Waals surface area contributed by atoms with E-state index in [1.807, 2.05) is 0 Å². The fourth-order valence-corrected chi connectivity index (χ4v) is 0.986. The topological polar surface area (TPSA) is 127 Å². The van der Waals surface area contributed by atoms with Gasteiger partial charge in [0.15, 0.2) is 11.6 Å². The molecule has 0 aromatic rings. The molecule has 100 valence electrons. The molecule has 0 saturated carbocycles. The minimum Gasteiger partial charge on any atom is -0.316 e. The molecule has 0 aliphatic carbocycles. The maximum absolute atomic E-state index is 11.4. The van der Waals surface area contributed by atoms with Crippen molar-refractivity contribution in [3.05, 3.63) is 24.3 Å². The average Bonchev–Trinajstić information content (AvgIpc) is 2.25. The van der Waals surface area contributed by atoms with Crippen LogP contribution < -0.4 is 22.1 Å². The number of Topliss-reactive ketones (excluding diaryl/α,β-unsaturated/α-hetero) is 2. The minimum absolute atomic E-state index is 0.213. The van der Waals surface area contributed by atoms with Crippen molar-refractivity contribution in [1.82, 2.24) is 10.6 Å². The zero-order chi connectivity index (χ0) is 14.5. The van der Waals surface area contributed by atoms with Crippen LogP contribution in [0.3, 0.4) is 0 Å². The smallest absolute Gasteiger partial charge is 0.316 e. The second-order valence-electron chi connectivity index (χ2n) is 3.86. The first kappa shape index (κ1) is 16.0. The second-order valence-corrected chi connectivity index (χ2v) is 3.86. The number of rotatable bonds is 6. The molecule has 0 aliphatic heterocycles. The number of hydrogen-bond donors (Lipinski definition) is 4. The Morgan fingerprint density at radius 3 is 1.39 bits per heavy atom. The standard InChI is InChI=1S/C11H18N4O3/c1-5(2)7(16)9(12)14-11(18)15-10(13)8(17)6(3)4/h9-10H,1,3,12-13H2,2,4H3,(H2,14,15,18). The van der Waals surface area contributed by atoms with Crippen molar-refractivity contribution < 1.29 is 14.4 Å². The van der Waals surface area contributed by atoms with Crippen molar-refractivity contribution >= 4 is 17.6 Å². The molecule has 0 saturated heterocycles. The van der Waals surface area contributed by atoms with Crippen molar-refractivity contribution in [3.63, 3.8) is 0 Å². The fraction of sp³-hybridized carbons (Fsp3) is 0.364. The summed E-state index contributed by atoms with van der Waals surface area (Å²) in [6.45, 7) is 9.75. The summed E-state index contributed by atoms with van der Waals surface area (Å²) < 4.78 is 0. The van der Waals surface area contributed by atoms with Crippen LogP contribution in [0.25, 0.3) is 0 Å². The van der Waals surface area contributed by atoms with Gasteiger partial charge in [0.05, 0.1) is 0 Å². The molecule has 0 spiro atoms. The first-order chi connectivity index (χ1) is 8.16. The van der Waals surface area contributed by atoms with Crippen molar-refractivity contribution in [2.75, 3.05) is 0 Å². The molecular formula is C11H18N4O3. The van der Waals surface area contributed by atoms with Gasteiger partial charge in [0.1, 0.15) is 12.3 Å². The molecule has 0 radical (unpaired) electrons. The fourth-order valence-electron chi connectivity index (χ4n) is 0.986. The third-order valence-corrected chi connectivity index (χ3v) is 1.98. The number of hydrogen-bond acceptors (Lipinski definition) is 5. The Kier molecular flexibility index (Phi) is 5.94. The monoisotopic (exact) mass is 254 g/mol. The lowest BCUT2D eigenvalue weighted by atomic mass is 10.2. The molecule has 2 unspecified atom stereocenters. The van der Waals surface area contributed by atoms with E-state index in [0.29, 0.717) is 0 Å². The van der Waals surface area contributed by atoms with Gasteiger partial charge < -0.3 is 22.1 Å². The van der Waals surface area contributed by atoms with E-state index < -0.39 is 29.9 Å². The molecule has 0 aromatic heterocycles. The summed E-state index contributed by atoms with van der Waals surface area (Å²) in [5.74, 6) is -1.02. The minimum atomic E-state index is -1.23. The highest BCUT2D eigenvalue weighted by Gasteiger charge is 2.20. The first-order valence-electron chi connectivity index (χ1n) is 5.14. The number of nitrogens with one attached hydrogen (secondary N) is 2. The van der Waals surface area contributed by atoms with Gasteiger partial charge in [0, 0.05) is 0 Å². The predicted molar refractivity (Wildman–Crippen MR) is 67.3 cm³/mol. The Morgan fingerprint density at radius 2 is 1.17 bits per heavy atom. The van der Waals surface area contributed by atoms with Crippen LogP contribution in [0.4, 0.5) is 4.79 Å². The molecular weight excluding hydrogens is 236 g/mol. The third-order valence-electron chi connectivity index (χ3n) is 1.98. The predicted octanol–water partition coefficient (Wildman–Crippen LogP) is -0.854. The lowest BCUT2D eigenvalue weighted by molar-refractivity contribution is -0.117. The van der Waals surface area contributed by atoms with Crippen molar-refractivity contribution in [1.29, 1.82) is 0 Å². The van der Waals surface area contributed by atoms with Crippen molar-refractivity contribution in [3.8, 4) is 0 Å². The van der Waals surface area contributed by atoms with E-state index >= 15 is 0 Å². The second kappa shape index (κ2) is 6.67. The average molecular weight is 254 g/mol. The highest BCUT2D eigenvalue weighted by atomic mass is 16.2. The number of carbonyl (C=O) groups excluding carboxylic acids is 3. The van der Waals surface area contributed by atoms with Crippen LogP contribution in [0.15, 0.2) is 24.3 Å². The van der Waals surface area contributed by atoms with Crippen LogP contribution in [0, 0.1) is 0 Å². The Labute approximate surface area is 105 Å². The Balaban J connectivity index is 4.36. The third kappa shape index (κ3) is 4.89. The van der Waals surface area contributed by atoms with Gasteiger partial charge in [-0.05, 0) is 25.0 Å². The lowest BCUT2D eigenvalue weighted by Gasteiger charge is -2.16. The van der Waals surface area contributed by atoms with Crippen LogP contribution in [0.2, 0.25) is 0 Å². The van der Waals surface area contributed by atoms with Crippen molar-refractivity contribution in [2.45, 2.75) is 26.2 Å². The van der Waals surface area contributed by atoms with E-state index in [1.54, 1.807) is 0 Å². The Bertz CT molecular complexity index is 367. The lowest BCUT2D eigenvalue weighted by Crippen LogP contribution is -2.56. The molecule has 0 rings (SSSR count). The number of urea groups is 1. The summed E-state index contributed by atoms with van der Waals surface area (Å²) >= 11 is 0. The van der Waals surface area contributed by atoms with Crippen LogP contribution in [-0.2, 0) is 9.59 Å². The zero-order valence-corrected chi connectivity index (χ0v) is 10.4. The molecule has 0 bridgehead atoms. The molecule has 0 aliphatic rings. The van der Waals surface area contributed by atoms with Gasteiger partial charge in [-0.3, -0.25) is 9.59 Å². The summed E-state index contributed by atoms with van der Waals surface area (Å²) in [6, 6.07) is -0.820. The number of amides is 2. The molecule has 0 heterocycles. The van der Waals surface area contributed by atoms with Crippen molar-refractivity contribution in [2.24, 2.45) is 11.5 Å². The molecule has 2 amide bonds. The first-order valence-corrected chi connectivity index (χ1v) is 5.14. The molecule has 6 N–H and O–H groups in total. The van der Waals surface area contributed by atoms with Crippen LogP contribution in [0.1, 0.15) is 13.8 Å². The summed E-state index contributed by atoms with van der Waals surface area (Å²) in [7, 11) is 0. The van der Waals surface area contributed by atoms with E-state index in [0.717, 1.165) is 0 Å². The Hall–Kier alpha value is -1.99. The number of ketones is 2. The highest BCUT2D eigenvalue weighted by Crippen LogP contribution is 1.93. The molecule has 18 heavy (non-hydrogen) atoms. The van der Waals surface area contributed by atoms with E-state index in [9.17, 15) is 14.4 Å². The van der Waals surface area contributed by atoms with E-state index in [-0.39, 0.29) is 11.1 Å². The van der Waals surface area contributed by atoms with E-state index in [2.05, 4.69) is 23.8 Å². The summed E-state index contributed by atoms with van der Waals surface area (Å²) in [5, 5.41) is 4.28. The number of nitrogens with two attached hydrogens (primary N) is 2. The van der Waals surface area contributed by atoms with Gasteiger partial charge in [0.2, 0.25) is 0 Å². The number of carbonyl (C=O) groups is 3. The SMILES string of the molecule is C=C(C)C(=O)C(N)NC(=O)NC(N)C(=O)C(=C)C. The highest BCUT2D eigenvalue weighted by molar-refractivity contribution is 6.01. The molecule has 7 nitrogen and oxygen atoms in total. The molecule has 0 aromatic carbocycles. The van der Waals surface area contributed by atoms with Gasteiger partial charge >= 0.3 is 6.03 Å². The van der Waals surface area contributed by atoms with Crippen LogP contribution >= 0.6 is 0 Å². The molecule has 2 atom stereocenters. The zero-order valence-electron chi connectivity index (χ0n) is 10.4. The van der Waals surface area contributed by atoms with Gasteiger partial charge in [-0.2, -0.15) is 0 Å². The van der Waals surface area contributed by atoms with Gasteiger partial charge in [-0.15, -0.1) is 0 Å². The van der Waals surface area contributed by atoms with Gasteiger partial charge in [0.25, 0.3) is 0 Å². The maximum Gasteiger partial charge on any atom is 0.317 e. The molecule has 7 heteroatoms. The normalized spacial score (nSPS) is 13.1. The van der Waals surface area contributed by atoms with Crippen LogP contribution in [-0.4, -0.2) is 29.9 Å². The maximum atomic E-state index is 11.4. The summed E-state index contributed by atoms with van der Waals surface area (Å²) in [6.07, 6.45) is -2.45. The Morgan fingerprint density at radius 1 is 0.889 bits per heavy atom. The van der Waals surface area contributed by atoms with Crippen LogP contribution in [0.5, 0.6) is 0 Å². The van der Waals surface area contributed by atoms with E-state index in [4.69, 9.17) is 11.5 Å². The quantitative estimate of drug-likeness (QED) is 0.362. The largest absolute Gasteiger partial charge is 0.317 e. The van der Waals surface area contributed by atoms with Gasteiger partial charge in [-0.25, -0.2) is 4.79 Å². The summed E-state index contributed by atoms with van der Waals surface area (Å²) in [4.78, 5) is 34.0. The van der Waals surface area contributed by atoms with E-state index in [1.165, 1.54) is 13.8 Å². The summed E-state index contributed by atoms with van der Waals surface area (Å²) in [5.41, 5.74) is 11.2. The van der Waals surface area contributed by atoms with Gasteiger partial charge in [-0.1, -0.05) is 13.2 Å². The molecule has 0 fully saturated rings.